The van der Waals surface area contributed by atoms with Crippen molar-refractivity contribution in [3.05, 3.63) is 22.5 Å². The molecule has 1 rings (SSSR count). The van der Waals surface area contributed by atoms with Gasteiger partial charge >= 0.3 is 5.97 Å². The fourth-order valence-corrected chi connectivity index (χ4v) is 1.24. The van der Waals surface area contributed by atoms with Gasteiger partial charge in [0.1, 0.15) is 5.69 Å². The summed E-state index contributed by atoms with van der Waals surface area (Å²) in [7, 11) is 0. The van der Waals surface area contributed by atoms with E-state index in [2.05, 4.69) is 4.98 Å². The normalized spacial score (nSPS) is 10.7. The highest BCUT2D eigenvalue weighted by molar-refractivity contribution is 6.31. The van der Waals surface area contributed by atoms with Gasteiger partial charge in [-0.25, -0.2) is 13.8 Å². The summed E-state index contributed by atoms with van der Waals surface area (Å²) >= 11 is 5.46. The maximum absolute atomic E-state index is 12.3. The van der Waals surface area contributed by atoms with Crippen LogP contribution in [0, 0.1) is 0 Å². The molecule has 0 atom stereocenters. The minimum absolute atomic E-state index is 0.00759. The molecule has 0 amide bonds. The van der Waals surface area contributed by atoms with Gasteiger partial charge < -0.3 is 10.8 Å². The van der Waals surface area contributed by atoms with Crippen molar-refractivity contribution in [2.24, 2.45) is 0 Å². The monoisotopic (exact) mass is 236 g/mol. The average Bonchev–Trinajstić information content (AvgIpc) is 2.08. The van der Waals surface area contributed by atoms with Crippen LogP contribution in [-0.2, 0) is 11.2 Å². The Morgan fingerprint density at radius 1 is 1.67 bits per heavy atom. The minimum atomic E-state index is -2.86. The van der Waals surface area contributed by atoms with Crippen molar-refractivity contribution in [1.29, 1.82) is 0 Å². The predicted molar refractivity (Wildman–Crippen MR) is 50.0 cm³/mol. The number of alkyl halides is 2. The molecule has 0 aromatic carbocycles. The van der Waals surface area contributed by atoms with E-state index in [1.165, 1.54) is 0 Å². The van der Waals surface area contributed by atoms with Gasteiger partial charge in [0.2, 0.25) is 0 Å². The first-order valence-electron chi connectivity index (χ1n) is 3.86. The number of rotatable bonds is 3. The number of aliphatic carboxylic acids is 1. The van der Waals surface area contributed by atoms with Crippen molar-refractivity contribution in [3.63, 3.8) is 0 Å². The fraction of sp³-hybridized carbons (Fsp3) is 0.250. The summed E-state index contributed by atoms with van der Waals surface area (Å²) < 4.78 is 24.7. The molecule has 0 saturated heterocycles. The van der Waals surface area contributed by atoms with E-state index in [0.29, 0.717) is 0 Å². The van der Waals surface area contributed by atoms with Gasteiger partial charge in [-0.2, -0.15) is 0 Å². The molecule has 1 aromatic rings. The van der Waals surface area contributed by atoms with Gasteiger partial charge in [0.05, 0.1) is 22.8 Å². The quantitative estimate of drug-likeness (QED) is 0.840. The lowest BCUT2D eigenvalue weighted by molar-refractivity contribution is -0.136. The van der Waals surface area contributed by atoms with Crippen LogP contribution in [0.15, 0.2) is 6.07 Å². The van der Waals surface area contributed by atoms with E-state index >= 15 is 0 Å². The zero-order valence-electron chi connectivity index (χ0n) is 7.38. The van der Waals surface area contributed by atoms with Crippen molar-refractivity contribution >= 4 is 23.3 Å². The lowest BCUT2D eigenvalue weighted by Gasteiger charge is -2.07. The Kier molecular flexibility index (Phi) is 3.41. The topological polar surface area (TPSA) is 76.2 Å². The molecule has 4 nitrogen and oxygen atoms in total. The molecule has 1 heterocycles. The Labute approximate surface area is 88.7 Å². The largest absolute Gasteiger partial charge is 0.481 e. The molecule has 0 bridgehead atoms. The standard InChI is InChI=1S/C8H7ClF2N2O2/c9-3-1-4(12)5(2-6(14)15)13-7(3)8(10)11/h1,8H,2,12H2,(H,14,15). The van der Waals surface area contributed by atoms with E-state index in [9.17, 15) is 13.6 Å². The molecule has 3 N–H and O–H groups in total. The second-order valence-electron chi connectivity index (χ2n) is 2.76. The van der Waals surface area contributed by atoms with E-state index in [4.69, 9.17) is 22.4 Å². The van der Waals surface area contributed by atoms with Gasteiger partial charge in [-0.05, 0) is 6.07 Å². The predicted octanol–water partition coefficient (Wildman–Crippen LogP) is 1.88. The molecular weight excluding hydrogens is 230 g/mol. The van der Waals surface area contributed by atoms with Crippen molar-refractivity contribution in [2.75, 3.05) is 5.73 Å². The maximum Gasteiger partial charge on any atom is 0.309 e. The Hall–Kier alpha value is -1.43. The van der Waals surface area contributed by atoms with Gasteiger partial charge in [-0.1, -0.05) is 11.6 Å². The van der Waals surface area contributed by atoms with E-state index in [1.807, 2.05) is 0 Å². The first kappa shape index (κ1) is 11.6. The Morgan fingerprint density at radius 3 is 2.73 bits per heavy atom. The van der Waals surface area contributed by atoms with Gasteiger partial charge in [-0.3, -0.25) is 4.79 Å². The number of halogens is 3. The summed E-state index contributed by atoms with van der Waals surface area (Å²) in [5.41, 5.74) is 4.62. The number of nitrogens with zero attached hydrogens (tertiary/aromatic N) is 1. The smallest absolute Gasteiger partial charge is 0.309 e. The Bertz CT molecular complexity index is 398. The summed E-state index contributed by atoms with van der Waals surface area (Å²) in [5.74, 6) is -1.20. The number of nitrogen functional groups attached to an aromatic ring is 1. The second-order valence-corrected chi connectivity index (χ2v) is 3.17. The molecule has 15 heavy (non-hydrogen) atoms. The molecule has 0 aliphatic heterocycles. The first-order valence-corrected chi connectivity index (χ1v) is 4.24. The van der Waals surface area contributed by atoms with Crippen molar-refractivity contribution < 1.29 is 18.7 Å². The van der Waals surface area contributed by atoms with Crippen LogP contribution >= 0.6 is 11.6 Å². The van der Waals surface area contributed by atoms with Crippen LogP contribution in [0.1, 0.15) is 17.8 Å². The fourth-order valence-electron chi connectivity index (χ4n) is 0.995. The first-order chi connectivity index (χ1) is 6.91. The highest BCUT2D eigenvalue weighted by Crippen LogP contribution is 2.28. The molecule has 7 heteroatoms. The average molecular weight is 237 g/mol. The highest BCUT2D eigenvalue weighted by Gasteiger charge is 2.17. The number of anilines is 1. The SMILES string of the molecule is Nc1cc(Cl)c(C(F)F)nc1CC(=O)O. The van der Waals surface area contributed by atoms with Crippen LogP contribution in [0.3, 0.4) is 0 Å². The molecule has 0 saturated carbocycles. The molecule has 82 valence electrons. The third-order valence-electron chi connectivity index (χ3n) is 1.64. The maximum atomic E-state index is 12.3. The van der Waals surface area contributed by atoms with E-state index in [0.717, 1.165) is 6.07 Å². The van der Waals surface area contributed by atoms with Crippen molar-refractivity contribution in [2.45, 2.75) is 12.8 Å². The van der Waals surface area contributed by atoms with Crippen molar-refractivity contribution in [1.82, 2.24) is 4.98 Å². The highest BCUT2D eigenvalue weighted by atomic mass is 35.5. The summed E-state index contributed by atoms with van der Waals surface area (Å²) in [4.78, 5) is 13.8. The molecule has 0 unspecified atom stereocenters. The zero-order valence-corrected chi connectivity index (χ0v) is 8.13. The summed E-state index contributed by atoms with van der Waals surface area (Å²) in [6.45, 7) is 0. The molecule has 0 spiro atoms. The van der Waals surface area contributed by atoms with Crippen LogP contribution < -0.4 is 5.73 Å². The molecule has 1 aromatic heterocycles. The van der Waals surface area contributed by atoms with Crippen LogP contribution in [-0.4, -0.2) is 16.1 Å². The summed E-state index contributed by atoms with van der Waals surface area (Å²) in [6, 6.07) is 1.08. The van der Waals surface area contributed by atoms with E-state index in [1.54, 1.807) is 0 Å². The molecule has 0 aliphatic rings. The summed E-state index contributed by atoms with van der Waals surface area (Å²) in [6.07, 6.45) is -3.37. The minimum Gasteiger partial charge on any atom is -0.481 e. The Morgan fingerprint density at radius 2 is 2.27 bits per heavy atom. The van der Waals surface area contributed by atoms with Gasteiger partial charge in [-0.15, -0.1) is 0 Å². The molecule has 0 aliphatic carbocycles. The van der Waals surface area contributed by atoms with E-state index < -0.39 is 24.5 Å². The van der Waals surface area contributed by atoms with Crippen LogP contribution in [0.5, 0.6) is 0 Å². The Balaban J connectivity index is 3.17. The number of hydrogen-bond donors (Lipinski definition) is 2. The number of carboxylic acid groups (broad SMARTS) is 1. The summed E-state index contributed by atoms with van der Waals surface area (Å²) in [5, 5.41) is 8.21. The van der Waals surface area contributed by atoms with Crippen LogP contribution in [0.2, 0.25) is 5.02 Å². The van der Waals surface area contributed by atoms with Crippen molar-refractivity contribution in [3.8, 4) is 0 Å². The number of hydrogen-bond acceptors (Lipinski definition) is 3. The number of nitrogens with two attached hydrogens (primary N) is 1. The van der Waals surface area contributed by atoms with Gasteiger partial charge in [0.15, 0.2) is 0 Å². The second kappa shape index (κ2) is 4.39. The van der Waals surface area contributed by atoms with Gasteiger partial charge in [0.25, 0.3) is 6.43 Å². The zero-order chi connectivity index (χ0) is 11.6. The number of carbonyl (C=O) groups is 1. The number of aromatic nitrogens is 1. The lowest BCUT2D eigenvalue weighted by Crippen LogP contribution is -2.08. The number of carboxylic acids is 1. The lowest BCUT2D eigenvalue weighted by atomic mass is 10.2. The number of pyridine rings is 1. The third-order valence-corrected chi connectivity index (χ3v) is 1.94. The van der Waals surface area contributed by atoms with Crippen LogP contribution in [0.25, 0.3) is 0 Å². The molecule has 0 radical (unpaired) electrons. The van der Waals surface area contributed by atoms with Crippen LogP contribution in [0.4, 0.5) is 14.5 Å². The molecule has 0 fully saturated rings. The van der Waals surface area contributed by atoms with E-state index in [-0.39, 0.29) is 16.4 Å². The molecular formula is C8H7ClF2N2O2. The van der Waals surface area contributed by atoms with Gasteiger partial charge in [0, 0.05) is 0 Å². The third kappa shape index (κ3) is 2.76.